The van der Waals surface area contributed by atoms with Gasteiger partial charge in [0.15, 0.2) is 16.6 Å². The van der Waals surface area contributed by atoms with Crippen LogP contribution < -0.4 is 5.32 Å². The Hall–Kier alpha value is -1.79. The SMILES string of the molecule is CCNC(Cc1cn2ccsc2n1)c1ccc(F)c(F)c1. The third-order valence-electron chi connectivity index (χ3n) is 3.35. The van der Waals surface area contributed by atoms with Gasteiger partial charge in [-0.1, -0.05) is 13.0 Å². The molecule has 0 spiro atoms. The van der Waals surface area contributed by atoms with E-state index in [1.54, 1.807) is 17.4 Å². The van der Waals surface area contributed by atoms with Gasteiger partial charge < -0.3 is 5.32 Å². The summed E-state index contributed by atoms with van der Waals surface area (Å²) in [6.45, 7) is 2.73. The molecule has 3 aromatic rings. The highest BCUT2D eigenvalue weighted by Gasteiger charge is 2.15. The Morgan fingerprint density at radius 3 is 2.90 bits per heavy atom. The lowest BCUT2D eigenvalue weighted by Gasteiger charge is -2.17. The topological polar surface area (TPSA) is 29.3 Å². The summed E-state index contributed by atoms with van der Waals surface area (Å²) in [7, 11) is 0. The van der Waals surface area contributed by atoms with Crippen LogP contribution in [0.5, 0.6) is 0 Å². The van der Waals surface area contributed by atoms with E-state index in [1.165, 1.54) is 12.1 Å². The molecule has 1 atom stereocenters. The van der Waals surface area contributed by atoms with E-state index in [4.69, 9.17) is 0 Å². The average molecular weight is 307 g/mol. The van der Waals surface area contributed by atoms with Gasteiger partial charge in [0, 0.05) is 30.2 Å². The first kappa shape index (κ1) is 14.2. The lowest BCUT2D eigenvalue weighted by molar-refractivity contribution is 0.496. The zero-order valence-corrected chi connectivity index (χ0v) is 12.3. The number of halogens is 2. The normalized spacial score (nSPS) is 12.9. The Morgan fingerprint density at radius 2 is 2.19 bits per heavy atom. The second kappa shape index (κ2) is 5.91. The summed E-state index contributed by atoms with van der Waals surface area (Å²) in [5.74, 6) is -1.64. The molecule has 21 heavy (non-hydrogen) atoms. The van der Waals surface area contributed by atoms with Gasteiger partial charge in [0.05, 0.1) is 5.69 Å². The maximum atomic E-state index is 13.4. The number of thiazole rings is 1. The van der Waals surface area contributed by atoms with E-state index < -0.39 is 11.6 Å². The summed E-state index contributed by atoms with van der Waals surface area (Å²) in [6.07, 6.45) is 4.56. The van der Waals surface area contributed by atoms with Gasteiger partial charge in [0.1, 0.15) is 0 Å². The predicted molar refractivity (Wildman–Crippen MR) is 79.5 cm³/mol. The molecular weight excluding hydrogens is 292 g/mol. The monoisotopic (exact) mass is 307 g/mol. The number of aromatic nitrogens is 2. The molecule has 0 saturated heterocycles. The highest BCUT2D eigenvalue weighted by atomic mass is 32.1. The first-order chi connectivity index (χ1) is 10.2. The number of nitrogens with one attached hydrogen (secondary N) is 1. The van der Waals surface area contributed by atoms with Gasteiger partial charge in [-0.2, -0.15) is 0 Å². The van der Waals surface area contributed by atoms with Gasteiger partial charge in [-0.15, -0.1) is 11.3 Å². The molecule has 3 nitrogen and oxygen atoms in total. The van der Waals surface area contributed by atoms with Crippen molar-refractivity contribution in [2.24, 2.45) is 0 Å². The second-order valence-electron chi connectivity index (χ2n) is 4.81. The van der Waals surface area contributed by atoms with Crippen molar-refractivity contribution in [2.45, 2.75) is 19.4 Å². The van der Waals surface area contributed by atoms with E-state index in [0.29, 0.717) is 6.42 Å². The Balaban J connectivity index is 1.86. The maximum Gasteiger partial charge on any atom is 0.193 e. The zero-order chi connectivity index (χ0) is 14.8. The van der Waals surface area contributed by atoms with Crippen molar-refractivity contribution < 1.29 is 8.78 Å². The number of imidazole rings is 1. The molecule has 0 bridgehead atoms. The van der Waals surface area contributed by atoms with Crippen molar-refractivity contribution >= 4 is 16.3 Å². The highest BCUT2D eigenvalue weighted by molar-refractivity contribution is 7.15. The third-order valence-corrected chi connectivity index (χ3v) is 4.12. The molecule has 0 saturated carbocycles. The number of hydrogen-bond donors (Lipinski definition) is 1. The van der Waals surface area contributed by atoms with Crippen molar-refractivity contribution in [2.75, 3.05) is 6.54 Å². The fourth-order valence-corrected chi connectivity index (χ4v) is 3.09. The average Bonchev–Trinajstić information content (AvgIpc) is 3.02. The minimum absolute atomic E-state index is 0.0882. The van der Waals surface area contributed by atoms with Crippen molar-refractivity contribution in [3.63, 3.8) is 0 Å². The molecule has 1 N–H and O–H groups in total. The standard InChI is InChI=1S/C15H15F2N3S/c1-2-18-14(10-3-4-12(16)13(17)7-10)8-11-9-20-5-6-21-15(20)19-11/h3-7,9,14,18H,2,8H2,1H3. The first-order valence-electron chi connectivity index (χ1n) is 6.76. The summed E-state index contributed by atoms with van der Waals surface area (Å²) in [6, 6.07) is 3.95. The molecule has 110 valence electrons. The number of nitrogens with zero attached hydrogens (tertiary/aromatic N) is 2. The number of benzene rings is 1. The van der Waals surface area contributed by atoms with E-state index in [9.17, 15) is 8.78 Å². The highest BCUT2D eigenvalue weighted by Crippen LogP contribution is 2.21. The van der Waals surface area contributed by atoms with Crippen molar-refractivity contribution in [1.82, 2.24) is 14.7 Å². The van der Waals surface area contributed by atoms with Crippen LogP contribution >= 0.6 is 11.3 Å². The molecule has 1 aromatic carbocycles. The largest absolute Gasteiger partial charge is 0.310 e. The minimum Gasteiger partial charge on any atom is -0.310 e. The Kier molecular flexibility index (Phi) is 3.98. The lowest BCUT2D eigenvalue weighted by atomic mass is 10.0. The summed E-state index contributed by atoms with van der Waals surface area (Å²) in [4.78, 5) is 5.47. The molecule has 0 aliphatic carbocycles. The van der Waals surface area contributed by atoms with Crippen LogP contribution in [-0.2, 0) is 6.42 Å². The van der Waals surface area contributed by atoms with E-state index in [2.05, 4.69) is 10.3 Å². The fourth-order valence-electron chi connectivity index (χ4n) is 2.37. The van der Waals surface area contributed by atoms with Crippen molar-refractivity contribution in [3.05, 3.63) is 58.9 Å². The van der Waals surface area contributed by atoms with Crippen LogP contribution in [0.25, 0.3) is 4.96 Å². The molecule has 0 radical (unpaired) electrons. The summed E-state index contributed by atoms with van der Waals surface area (Å²) in [5.41, 5.74) is 1.66. The Bertz CT molecular complexity index is 722. The minimum atomic E-state index is -0.823. The van der Waals surface area contributed by atoms with E-state index >= 15 is 0 Å². The molecule has 2 heterocycles. The van der Waals surface area contributed by atoms with Crippen molar-refractivity contribution in [1.29, 1.82) is 0 Å². The molecule has 6 heteroatoms. The molecule has 1 unspecified atom stereocenters. The van der Waals surface area contributed by atoms with Crippen LogP contribution in [0.15, 0.2) is 36.0 Å². The predicted octanol–water partition coefficient (Wildman–Crippen LogP) is 3.57. The van der Waals surface area contributed by atoms with Crippen LogP contribution in [0, 0.1) is 11.6 Å². The number of likely N-dealkylation sites (N-methyl/N-ethyl adjacent to an activating group) is 1. The maximum absolute atomic E-state index is 13.4. The van der Waals surface area contributed by atoms with E-state index in [1.807, 2.05) is 29.1 Å². The van der Waals surface area contributed by atoms with Crippen LogP contribution in [0.4, 0.5) is 8.78 Å². The second-order valence-corrected chi connectivity index (χ2v) is 5.69. The van der Waals surface area contributed by atoms with Crippen LogP contribution in [0.1, 0.15) is 24.2 Å². The molecule has 0 amide bonds. The molecule has 2 aromatic heterocycles. The van der Waals surface area contributed by atoms with Gasteiger partial charge >= 0.3 is 0 Å². The van der Waals surface area contributed by atoms with Gasteiger partial charge in [-0.3, -0.25) is 4.40 Å². The van der Waals surface area contributed by atoms with E-state index in [-0.39, 0.29) is 6.04 Å². The molecular formula is C15H15F2N3S. The van der Waals surface area contributed by atoms with Crippen LogP contribution in [-0.4, -0.2) is 15.9 Å². The fraction of sp³-hybridized carbons (Fsp3) is 0.267. The van der Waals surface area contributed by atoms with Gasteiger partial charge in [0.25, 0.3) is 0 Å². The van der Waals surface area contributed by atoms with Gasteiger partial charge in [0.2, 0.25) is 0 Å². The third kappa shape index (κ3) is 2.96. The summed E-state index contributed by atoms with van der Waals surface area (Å²) in [5, 5.41) is 5.27. The number of fused-ring (bicyclic) bond motifs is 1. The zero-order valence-electron chi connectivity index (χ0n) is 11.5. The van der Waals surface area contributed by atoms with E-state index in [0.717, 1.165) is 22.8 Å². The number of rotatable bonds is 5. The van der Waals surface area contributed by atoms with Gasteiger partial charge in [-0.25, -0.2) is 13.8 Å². The molecule has 0 aliphatic heterocycles. The molecule has 0 aliphatic rings. The van der Waals surface area contributed by atoms with Crippen molar-refractivity contribution in [3.8, 4) is 0 Å². The molecule has 3 rings (SSSR count). The van der Waals surface area contributed by atoms with Crippen LogP contribution in [0.2, 0.25) is 0 Å². The smallest absolute Gasteiger partial charge is 0.193 e. The summed E-state index contributed by atoms with van der Waals surface area (Å²) < 4.78 is 28.4. The number of hydrogen-bond acceptors (Lipinski definition) is 3. The Labute approximate surface area is 125 Å². The van der Waals surface area contributed by atoms with Gasteiger partial charge in [-0.05, 0) is 24.2 Å². The quantitative estimate of drug-likeness (QED) is 0.781. The van der Waals surface area contributed by atoms with Crippen LogP contribution in [0.3, 0.4) is 0 Å². The summed E-state index contributed by atoms with van der Waals surface area (Å²) >= 11 is 1.57. The molecule has 0 fully saturated rings. The lowest BCUT2D eigenvalue weighted by Crippen LogP contribution is -2.23. The Morgan fingerprint density at radius 1 is 1.33 bits per heavy atom. The first-order valence-corrected chi connectivity index (χ1v) is 7.64.